The Bertz CT molecular complexity index is 875. The second-order valence-corrected chi connectivity index (χ2v) is 6.44. The number of carbonyl (C=O) groups excluding carboxylic acids is 1. The Balaban J connectivity index is 1.94. The molecule has 0 radical (unpaired) electrons. The van der Waals surface area contributed by atoms with Crippen molar-refractivity contribution < 1.29 is 9.53 Å². The largest absolute Gasteiger partial charge is 0.465 e. The molecule has 112 valence electrons. The number of ether oxygens (including phenoxy) is 1. The zero-order valence-electron chi connectivity index (χ0n) is 11.5. The first-order valence-electron chi connectivity index (χ1n) is 6.31. The van der Waals surface area contributed by atoms with E-state index in [9.17, 15) is 9.59 Å². The van der Waals surface area contributed by atoms with Crippen LogP contribution >= 0.6 is 23.1 Å². The number of hydrogen-bond donors (Lipinski definition) is 1. The van der Waals surface area contributed by atoms with E-state index in [-0.39, 0.29) is 5.56 Å². The van der Waals surface area contributed by atoms with E-state index in [1.54, 1.807) is 24.4 Å². The van der Waals surface area contributed by atoms with Gasteiger partial charge >= 0.3 is 5.97 Å². The summed E-state index contributed by atoms with van der Waals surface area (Å²) in [4.78, 5) is 35.0. The van der Waals surface area contributed by atoms with Gasteiger partial charge in [0, 0.05) is 11.6 Å². The number of aromatic nitrogens is 3. The van der Waals surface area contributed by atoms with E-state index in [0.29, 0.717) is 28.0 Å². The van der Waals surface area contributed by atoms with Crippen molar-refractivity contribution in [3.63, 3.8) is 0 Å². The Hall–Kier alpha value is -2.19. The SMILES string of the molecule is COC(=O)c1ccc2c(=O)[nH]c(CSc3nccs3)nc2c1. The predicted molar refractivity (Wildman–Crippen MR) is 85.4 cm³/mol. The molecule has 0 saturated heterocycles. The van der Waals surface area contributed by atoms with Gasteiger partial charge in [0.15, 0.2) is 0 Å². The number of nitrogens with zero attached hydrogens (tertiary/aromatic N) is 2. The average Bonchev–Trinajstić information content (AvgIpc) is 3.05. The Morgan fingerprint density at radius 2 is 2.32 bits per heavy atom. The average molecular weight is 333 g/mol. The van der Waals surface area contributed by atoms with Crippen LogP contribution in [-0.2, 0) is 10.5 Å². The number of nitrogens with one attached hydrogen (secondary N) is 1. The first-order valence-corrected chi connectivity index (χ1v) is 8.17. The second kappa shape index (κ2) is 6.29. The van der Waals surface area contributed by atoms with Crippen molar-refractivity contribution in [3.05, 3.63) is 51.5 Å². The predicted octanol–water partition coefficient (Wildman–Crippen LogP) is 2.46. The summed E-state index contributed by atoms with van der Waals surface area (Å²) >= 11 is 3.03. The van der Waals surface area contributed by atoms with E-state index in [4.69, 9.17) is 0 Å². The van der Waals surface area contributed by atoms with Gasteiger partial charge in [-0.2, -0.15) is 0 Å². The van der Waals surface area contributed by atoms with Gasteiger partial charge in [0.05, 0.1) is 29.3 Å². The molecule has 0 fully saturated rings. The molecule has 3 aromatic rings. The normalized spacial score (nSPS) is 10.8. The van der Waals surface area contributed by atoms with E-state index >= 15 is 0 Å². The number of rotatable bonds is 4. The minimum atomic E-state index is -0.456. The monoisotopic (exact) mass is 333 g/mol. The Labute approximate surface area is 133 Å². The number of esters is 1. The summed E-state index contributed by atoms with van der Waals surface area (Å²) in [5.41, 5.74) is 0.615. The minimum absolute atomic E-state index is 0.226. The molecule has 3 rings (SSSR count). The number of carbonyl (C=O) groups is 1. The molecule has 2 heterocycles. The van der Waals surface area contributed by atoms with Crippen molar-refractivity contribution in [3.8, 4) is 0 Å². The van der Waals surface area contributed by atoms with Gasteiger partial charge in [-0.3, -0.25) is 4.79 Å². The molecular weight excluding hydrogens is 322 g/mol. The number of fused-ring (bicyclic) bond motifs is 1. The molecule has 0 aliphatic heterocycles. The number of H-pyrrole nitrogens is 1. The van der Waals surface area contributed by atoms with E-state index in [1.165, 1.54) is 30.2 Å². The van der Waals surface area contributed by atoms with Crippen LogP contribution in [-0.4, -0.2) is 28.0 Å². The molecule has 0 spiro atoms. The van der Waals surface area contributed by atoms with Gasteiger partial charge < -0.3 is 9.72 Å². The quantitative estimate of drug-likeness (QED) is 0.583. The van der Waals surface area contributed by atoms with Crippen molar-refractivity contribution in [2.45, 2.75) is 10.1 Å². The van der Waals surface area contributed by atoms with Crippen LogP contribution in [0.2, 0.25) is 0 Å². The molecule has 0 aliphatic rings. The molecule has 8 heteroatoms. The molecule has 0 saturated carbocycles. The summed E-state index contributed by atoms with van der Waals surface area (Å²) in [6.45, 7) is 0. The number of methoxy groups -OCH3 is 1. The van der Waals surface area contributed by atoms with Crippen molar-refractivity contribution in [1.82, 2.24) is 15.0 Å². The van der Waals surface area contributed by atoms with Crippen LogP contribution in [0.5, 0.6) is 0 Å². The number of benzene rings is 1. The third kappa shape index (κ3) is 3.02. The fraction of sp³-hybridized carbons (Fsp3) is 0.143. The molecule has 0 bridgehead atoms. The number of aromatic amines is 1. The highest BCUT2D eigenvalue weighted by Gasteiger charge is 2.10. The first-order chi connectivity index (χ1) is 10.7. The smallest absolute Gasteiger partial charge is 0.337 e. The van der Waals surface area contributed by atoms with E-state index < -0.39 is 5.97 Å². The molecule has 2 aromatic heterocycles. The van der Waals surface area contributed by atoms with Crippen molar-refractivity contribution in [2.75, 3.05) is 7.11 Å². The van der Waals surface area contributed by atoms with E-state index in [0.717, 1.165) is 4.34 Å². The van der Waals surface area contributed by atoms with Crippen molar-refractivity contribution >= 4 is 40.0 Å². The number of thioether (sulfide) groups is 1. The molecule has 0 unspecified atom stereocenters. The van der Waals surface area contributed by atoms with Gasteiger partial charge in [-0.25, -0.2) is 14.8 Å². The van der Waals surface area contributed by atoms with Gasteiger partial charge in [0.25, 0.3) is 5.56 Å². The lowest BCUT2D eigenvalue weighted by atomic mass is 10.1. The molecule has 1 aromatic carbocycles. The fourth-order valence-electron chi connectivity index (χ4n) is 1.91. The highest BCUT2D eigenvalue weighted by Crippen LogP contribution is 2.23. The van der Waals surface area contributed by atoms with Gasteiger partial charge in [0.1, 0.15) is 10.2 Å². The van der Waals surface area contributed by atoms with Crippen LogP contribution in [0.4, 0.5) is 0 Å². The van der Waals surface area contributed by atoms with Crippen molar-refractivity contribution in [1.29, 1.82) is 0 Å². The third-order valence-electron chi connectivity index (χ3n) is 2.92. The highest BCUT2D eigenvalue weighted by atomic mass is 32.2. The Kier molecular flexibility index (Phi) is 4.21. The Morgan fingerprint density at radius 3 is 3.05 bits per heavy atom. The van der Waals surface area contributed by atoms with Gasteiger partial charge in [-0.15, -0.1) is 11.3 Å². The maximum atomic E-state index is 12.1. The summed E-state index contributed by atoms with van der Waals surface area (Å²) in [5, 5.41) is 2.33. The summed E-state index contributed by atoms with van der Waals surface area (Å²) in [7, 11) is 1.31. The summed E-state index contributed by atoms with van der Waals surface area (Å²) in [5.74, 6) is 0.587. The standard InChI is InChI=1S/C14H11N3O3S2/c1-20-13(19)8-2-3-9-10(6-8)16-11(17-12(9)18)7-22-14-15-4-5-21-14/h2-6H,7H2,1H3,(H,16,17,18). The van der Waals surface area contributed by atoms with Crippen LogP contribution < -0.4 is 5.56 Å². The molecule has 6 nitrogen and oxygen atoms in total. The van der Waals surface area contributed by atoms with Gasteiger partial charge in [-0.1, -0.05) is 11.8 Å². The lowest BCUT2D eigenvalue weighted by Gasteiger charge is -2.04. The first kappa shape index (κ1) is 14.7. The second-order valence-electron chi connectivity index (χ2n) is 4.32. The lowest BCUT2D eigenvalue weighted by Crippen LogP contribution is -2.12. The number of thiazole rings is 1. The summed E-state index contributed by atoms with van der Waals surface area (Å²) in [6.07, 6.45) is 1.73. The van der Waals surface area contributed by atoms with Gasteiger partial charge in [-0.05, 0) is 18.2 Å². The molecule has 0 amide bonds. The van der Waals surface area contributed by atoms with Crippen LogP contribution in [0, 0.1) is 0 Å². The number of hydrogen-bond acceptors (Lipinski definition) is 7. The molecule has 22 heavy (non-hydrogen) atoms. The fourth-order valence-corrected chi connectivity index (χ4v) is 3.42. The van der Waals surface area contributed by atoms with Crippen LogP contribution in [0.25, 0.3) is 10.9 Å². The zero-order chi connectivity index (χ0) is 15.5. The molecular formula is C14H11N3O3S2. The summed E-state index contributed by atoms with van der Waals surface area (Å²) in [6, 6.07) is 4.69. The molecule has 0 aliphatic carbocycles. The van der Waals surface area contributed by atoms with Crippen LogP contribution in [0.1, 0.15) is 16.2 Å². The third-order valence-corrected chi connectivity index (χ3v) is 4.90. The zero-order valence-corrected chi connectivity index (χ0v) is 13.2. The van der Waals surface area contributed by atoms with Gasteiger partial charge in [0.2, 0.25) is 0 Å². The topological polar surface area (TPSA) is 84.9 Å². The van der Waals surface area contributed by atoms with Crippen molar-refractivity contribution in [2.24, 2.45) is 0 Å². The van der Waals surface area contributed by atoms with Crippen LogP contribution in [0.3, 0.4) is 0 Å². The Morgan fingerprint density at radius 1 is 1.45 bits per heavy atom. The maximum Gasteiger partial charge on any atom is 0.337 e. The lowest BCUT2D eigenvalue weighted by molar-refractivity contribution is 0.0601. The van der Waals surface area contributed by atoms with Crippen LogP contribution in [0.15, 0.2) is 38.9 Å². The summed E-state index contributed by atoms with van der Waals surface area (Å²) < 4.78 is 5.59. The van der Waals surface area contributed by atoms with E-state index in [1.807, 2.05) is 5.38 Å². The molecule has 0 atom stereocenters. The molecule has 1 N–H and O–H groups in total. The maximum absolute atomic E-state index is 12.1. The minimum Gasteiger partial charge on any atom is -0.465 e. The van der Waals surface area contributed by atoms with E-state index in [2.05, 4.69) is 19.7 Å². The highest BCUT2D eigenvalue weighted by molar-refractivity contribution is 8.00.